The minimum absolute atomic E-state index is 0.0208. The summed E-state index contributed by atoms with van der Waals surface area (Å²) in [7, 11) is 1.34. The minimum atomic E-state index is -0.465. The second kappa shape index (κ2) is 8.05. The summed E-state index contributed by atoms with van der Waals surface area (Å²) in [6.45, 7) is 0.536. The number of thiocarbonyl (C=S) groups is 1. The average Bonchev–Trinajstić information content (AvgIpc) is 2.43. The van der Waals surface area contributed by atoms with E-state index in [4.69, 9.17) is 12.2 Å². The van der Waals surface area contributed by atoms with Gasteiger partial charge in [-0.2, -0.15) is 0 Å². The van der Waals surface area contributed by atoms with Gasteiger partial charge >= 0.3 is 5.97 Å². The van der Waals surface area contributed by atoms with Crippen LogP contribution in [0, 0.1) is 10.1 Å². The average molecular weight is 297 g/mol. The summed E-state index contributed by atoms with van der Waals surface area (Å²) in [5.74, 6) is -0.263. The van der Waals surface area contributed by atoms with E-state index in [1.165, 1.54) is 19.2 Å². The second-order valence-corrected chi connectivity index (χ2v) is 4.27. The molecule has 0 saturated heterocycles. The van der Waals surface area contributed by atoms with Crippen molar-refractivity contribution >= 4 is 34.7 Å². The largest absolute Gasteiger partial charge is 0.469 e. The Labute approximate surface area is 121 Å². The third-order valence-corrected chi connectivity index (χ3v) is 2.65. The van der Waals surface area contributed by atoms with Crippen LogP contribution in [0.25, 0.3) is 0 Å². The van der Waals surface area contributed by atoms with Crippen molar-refractivity contribution in [1.29, 1.82) is 0 Å². The van der Waals surface area contributed by atoms with E-state index in [-0.39, 0.29) is 11.7 Å². The monoisotopic (exact) mass is 297 g/mol. The molecule has 0 unspecified atom stereocenters. The van der Waals surface area contributed by atoms with Gasteiger partial charge in [0.1, 0.15) is 0 Å². The van der Waals surface area contributed by atoms with Gasteiger partial charge in [-0.1, -0.05) is 0 Å². The Morgan fingerprint density at radius 2 is 2.05 bits per heavy atom. The van der Waals surface area contributed by atoms with Gasteiger partial charge in [-0.15, -0.1) is 0 Å². The van der Waals surface area contributed by atoms with Gasteiger partial charge in [0.2, 0.25) is 0 Å². The quantitative estimate of drug-likeness (QED) is 0.272. The number of carbonyl (C=O) groups is 1. The Morgan fingerprint density at radius 1 is 1.40 bits per heavy atom. The third-order valence-electron chi connectivity index (χ3n) is 2.41. The molecule has 8 heteroatoms. The number of non-ortho nitro benzene ring substituents is 1. The lowest BCUT2D eigenvalue weighted by molar-refractivity contribution is -0.384. The predicted octanol–water partition coefficient (Wildman–Crippen LogP) is 1.83. The zero-order valence-electron chi connectivity index (χ0n) is 10.9. The summed E-state index contributed by atoms with van der Waals surface area (Å²) in [5.41, 5.74) is 0.675. The molecular formula is C12H15N3O4S. The van der Waals surface area contributed by atoms with Gasteiger partial charge in [-0.3, -0.25) is 14.9 Å². The molecule has 0 radical (unpaired) electrons. The third kappa shape index (κ3) is 5.61. The van der Waals surface area contributed by atoms with Crippen LogP contribution in [0.15, 0.2) is 24.3 Å². The van der Waals surface area contributed by atoms with E-state index in [2.05, 4.69) is 15.4 Å². The van der Waals surface area contributed by atoms with Crippen molar-refractivity contribution in [3.8, 4) is 0 Å². The number of nitrogens with one attached hydrogen (secondary N) is 2. The molecule has 0 aliphatic heterocycles. The number of methoxy groups -OCH3 is 1. The first kappa shape index (κ1) is 15.8. The van der Waals surface area contributed by atoms with Crippen molar-refractivity contribution in [2.45, 2.75) is 12.8 Å². The van der Waals surface area contributed by atoms with Gasteiger partial charge < -0.3 is 15.4 Å². The van der Waals surface area contributed by atoms with Crippen molar-refractivity contribution in [2.75, 3.05) is 19.0 Å². The minimum Gasteiger partial charge on any atom is -0.469 e. The van der Waals surface area contributed by atoms with E-state index >= 15 is 0 Å². The fraction of sp³-hybridized carbons (Fsp3) is 0.333. The molecule has 1 aromatic carbocycles. The van der Waals surface area contributed by atoms with Gasteiger partial charge in [0.15, 0.2) is 5.11 Å². The molecule has 108 valence electrons. The van der Waals surface area contributed by atoms with Gasteiger partial charge in [-0.05, 0) is 30.8 Å². The SMILES string of the molecule is COC(=O)CCCNC(=S)Nc1ccc([N+](=O)[O-])cc1. The molecule has 0 atom stereocenters. The van der Waals surface area contributed by atoms with E-state index in [9.17, 15) is 14.9 Å². The molecule has 2 N–H and O–H groups in total. The standard InChI is InChI=1S/C12H15N3O4S/c1-19-11(16)3-2-8-13-12(20)14-9-4-6-10(7-5-9)15(17)18/h4-7H,2-3,8H2,1H3,(H2,13,14,20). The highest BCUT2D eigenvalue weighted by Crippen LogP contribution is 2.15. The van der Waals surface area contributed by atoms with Crippen LogP contribution in [0.2, 0.25) is 0 Å². The van der Waals surface area contributed by atoms with Gasteiger partial charge in [0.05, 0.1) is 12.0 Å². The highest BCUT2D eigenvalue weighted by atomic mass is 32.1. The van der Waals surface area contributed by atoms with Crippen LogP contribution in [0.1, 0.15) is 12.8 Å². The lowest BCUT2D eigenvalue weighted by Crippen LogP contribution is -2.29. The Morgan fingerprint density at radius 3 is 2.60 bits per heavy atom. The summed E-state index contributed by atoms with van der Waals surface area (Å²) in [6, 6.07) is 5.92. The van der Waals surface area contributed by atoms with Crippen LogP contribution < -0.4 is 10.6 Å². The molecule has 0 saturated carbocycles. The number of benzene rings is 1. The second-order valence-electron chi connectivity index (χ2n) is 3.86. The Kier molecular flexibility index (Phi) is 6.38. The van der Waals surface area contributed by atoms with Gasteiger partial charge in [0, 0.05) is 30.8 Å². The number of anilines is 1. The number of rotatable bonds is 6. The Balaban J connectivity index is 2.31. The smallest absolute Gasteiger partial charge is 0.305 e. The molecule has 0 spiro atoms. The van der Waals surface area contributed by atoms with E-state index in [1.807, 2.05) is 0 Å². The molecule has 0 aliphatic carbocycles. The maximum absolute atomic E-state index is 10.9. The predicted molar refractivity (Wildman–Crippen MR) is 78.6 cm³/mol. The lowest BCUT2D eigenvalue weighted by atomic mass is 10.3. The number of nitro benzene ring substituents is 1. The first-order valence-corrected chi connectivity index (χ1v) is 6.30. The number of nitrogens with zero attached hydrogens (tertiary/aromatic N) is 1. The zero-order valence-corrected chi connectivity index (χ0v) is 11.7. The first-order chi connectivity index (χ1) is 9.52. The summed E-state index contributed by atoms with van der Waals surface area (Å²) in [6.07, 6.45) is 0.929. The van der Waals surface area contributed by atoms with Crippen LogP contribution in [-0.4, -0.2) is 29.7 Å². The normalized spacial score (nSPS) is 9.65. The summed E-state index contributed by atoms with van der Waals surface area (Å²) >= 11 is 5.06. The van der Waals surface area contributed by atoms with Crippen molar-refractivity contribution < 1.29 is 14.5 Å². The molecule has 0 heterocycles. The Bertz CT molecular complexity index is 490. The molecule has 1 rings (SSSR count). The summed E-state index contributed by atoms with van der Waals surface area (Å²) in [5, 5.41) is 16.7. The molecule has 7 nitrogen and oxygen atoms in total. The molecule has 1 aromatic rings. The topological polar surface area (TPSA) is 93.5 Å². The lowest BCUT2D eigenvalue weighted by Gasteiger charge is -2.09. The van der Waals surface area contributed by atoms with Crippen LogP contribution in [0.4, 0.5) is 11.4 Å². The zero-order chi connectivity index (χ0) is 15.0. The van der Waals surface area contributed by atoms with Crippen molar-refractivity contribution in [1.82, 2.24) is 5.32 Å². The number of hydrogen-bond donors (Lipinski definition) is 2. The number of hydrogen-bond acceptors (Lipinski definition) is 5. The maximum atomic E-state index is 10.9. The molecule has 0 aromatic heterocycles. The maximum Gasteiger partial charge on any atom is 0.305 e. The number of carbonyl (C=O) groups excluding carboxylic acids is 1. The fourth-order valence-corrected chi connectivity index (χ4v) is 1.60. The number of esters is 1. The fourth-order valence-electron chi connectivity index (χ4n) is 1.38. The highest BCUT2D eigenvalue weighted by Gasteiger charge is 2.05. The molecule has 20 heavy (non-hydrogen) atoms. The van der Waals surface area contributed by atoms with Crippen molar-refractivity contribution in [2.24, 2.45) is 0 Å². The van der Waals surface area contributed by atoms with E-state index in [1.54, 1.807) is 12.1 Å². The van der Waals surface area contributed by atoms with E-state index < -0.39 is 4.92 Å². The van der Waals surface area contributed by atoms with Crippen LogP contribution in [0.5, 0.6) is 0 Å². The van der Waals surface area contributed by atoms with Gasteiger partial charge in [0.25, 0.3) is 5.69 Å². The number of ether oxygens (including phenoxy) is 1. The van der Waals surface area contributed by atoms with E-state index in [0.717, 1.165) is 0 Å². The first-order valence-electron chi connectivity index (χ1n) is 5.89. The Hall–Kier alpha value is -2.22. The van der Waals surface area contributed by atoms with Crippen LogP contribution in [-0.2, 0) is 9.53 Å². The van der Waals surface area contributed by atoms with Crippen molar-refractivity contribution in [3.05, 3.63) is 34.4 Å². The van der Waals surface area contributed by atoms with Crippen LogP contribution in [0.3, 0.4) is 0 Å². The van der Waals surface area contributed by atoms with Gasteiger partial charge in [-0.25, -0.2) is 0 Å². The summed E-state index contributed by atoms with van der Waals surface area (Å²) < 4.78 is 4.51. The van der Waals surface area contributed by atoms with Crippen LogP contribution >= 0.6 is 12.2 Å². The number of nitro groups is 1. The van der Waals surface area contributed by atoms with Crippen molar-refractivity contribution in [3.63, 3.8) is 0 Å². The highest BCUT2D eigenvalue weighted by molar-refractivity contribution is 7.80. The molecule has 0 bridgehead atoms. The molecular weight excluding hydrogens is 282 g/mol. The molecule has 0 amide bonds. The molecule has 0 fully saturated rings. The summed E-state index contributed by atoms with van der Waals surface area (Å²) in [4.78, 5) is 20.9. The molecule has 0 aliphatic rings. The van der Waals surface area contributed by atoms with E-state index in [0.29, 0.717) is 30.2 Å².